The first-order valence-corrected chi connectivity index (χ1v) is 11.9. The second-order valence-corrected chi connectivity index (χ2v) is 9.47. The highest BCUT2D eigenvalue weighted by Crippen LogP contribution is 2.45. The molecule has 1 heterocycles. The van der Waals surface area contributed by atoms with Crippen molar-refractivity contribution in [1.29, 1.82) is 0 Å². The zero-order valence-corrected chi connectivity index (χ0v) is 18.9. The van der Waals surface area contributed by atoms with Crippen LogP contribution in [-0.2, 0) is 9.47 Å². The van der Waals surface area contributed by atoms with E-state index in [1.54, 1.807) is 0 Å². The van der Waals surface area contributed by atoms with Crippen LogP contribution in [0.3, 0.4) is 0 Å². The second kappa shape index (κ2) is 11.8. The molecule has 1 aliphatic heterocycles. The topological polar surface area (TPSA) is 30.5 Å². The van der Waals surface area contributed by atoms with Crippen LogP contribution in [0, 0.1) is 23.7 Å². The second-order valence-electron chi connectivity index (χ2n) is 9.47. The van der Waals surface area contributed by atoms with E-state index in [2.05, 4.69) is 26.1 Å². The summed E-state index contributed by atoms with van der Waals surface area (Å²) >= 11 is 0. The number of piperidine rings is 1. The third-order valence-electron chi connectivity index (χ3n) is 7.54. The highest BCUT2D eigenvalue weighted by molar-refractivity contribution is 5.01. The molecule has 4 atom stereocenters. The average molecular weight is 382 g/mol. The summed E-state index contributed by atoms with van der Waals surface area (Å²) in [6.07, 6.45) is 16.1. The van der Waals surface area contributed by atoms with Crippen molar-refractivity contribution in [2.75, 3.05) is 20.8 Å². The lowest BCUT2D eigenvalue weighted by molar-refractivity contribution is -0.280. The molecule has 3 heteroatoms. The first kappa shape index (κ1) is 23.2. The normalized spacial score (nSPS) is 27.6. The summed E-state index contributed by atoms with van der Waals surface area (Å²) in [5, 5.41) is 3.86. The number of unbranched alkanes of at least 4 members (excludes halogenated alkanes) is 5. The molecule has 27 heavy (non-hydrogen) atoms. The van der Waals surface area contributed by atoms with Gasteiger partial charge in [-0.15, -0.1) is 0 Å². The van der Waals surface area contributed by atoms with Crippen molar-refractivity contribution in [3.8, 4) is 0 Å². The van der Waals surface area contributed by atoms with E-state index < -0.39 is 5.79 Å². The van der Waals surface area contributed by atoms with Crippen LogP contribution in [0.5, 0.6) is 0 Å². The van der Waals surface area contributed by atoms with Crippen LogP contribution >= 0.6 is 0 Å². The molecule has 0 radical (unpaired) electrons. The van der Waals surface area contributed by atoms with Gasteiger partial charge < -0.3 is 14.8 Å². The molecule has 1 saturated heterocycles. The van der Waals surface area contributed by atoms with Crippen molar-refractivity contribution in [3.05, 3.63) is 0 Å². The van der Waals surface area contributed by atoms with E-state index >= 15 is 0 Å². The largest absolute Gasteiger partial charge is 0.351 e. The van der Waals surface area contributed by atoms with E-state index in [4.69, 9.17) is 9.47 Å². The van der Waals surface area contributed by atoms with Crippen LogP contribution in [0.2, 0.25) is 0 Å². The number of methoxy groups -OCH3 is 2. The fourth-order valence-electron chi connectivity index (χ4n) is 6.06. The number of hydrogen-bond acceptors (Lipinski definition) is 3. The minimum Gasteiger partial charge on any atom is -0.351 e. The highest BCUT2D eigenvalue weighted by Gasteiger charge is 2.53. The molecule has 2 rings (SSSR count). The first-order valence-electron chi connectivity index (χ1n) is 11.9. The van der Waals surface area contributed by atoms with E-state index in [9.17, 15) is 0 Å². The Morgan fingerprint density at radius 1 is 0.926 bits per heavy atom. The van der Waals surface area contributed by atoms with Gasteiger partial charge in [0.25, 0.3) is 0 Å². The van der Waals surface area contributed by atoms with Gasteiger partial charge in [0.2, 0.25) is 0 Å². The maximum Gasteiger partial charge on any atom is 0.186 e. The number of ether oxygens (including phenoxy) is 2. The van der Waals surface area contributed by atoms with Crippen molar-refractivity contribution in [2.24, 2.45) is 23.7 Å². The number of hydrogen-bond donors (Lipinski definition) is 1. The van der Waals surface area contributed by atoms with Gasteiger partial charge in [0.05, 0.1) is 6.04 Å². The summed E-state index contributed by atoms with van der Waals surface area (Å²) in [7, 11) is 3.77. The lowest BCUT2D eigenvalue weighted by Gasteiger charge is -2.53. The standard InChI is InChI=1S/C24H47NO2/c1-6-7-8-9-10-11-16-22(19(2)3)24(26-4,27-5)23-21-15-13-12-14-20(21)17-18-25-23/h19-23,25H,6-18H2,1-5H3. The van der Waals surface area contributed by atoms with E-state index in [0.29, 0.717) is 23.8 Å². The van der Waals surface area contributed by atoms with Gasteiger partial charge in [0.1, 0.15) is 0 Å². The third kappa shape index (κ3) is 5.70. The minimum atomic E-state index is -0.488. The molecule has 2 fully saturated rings. The Morgan fingerprint density at radius 2 is 1.59 bits per heavy atom. The Kier molecular flexibility index (Phi) is 10.1. The smallest absolute Gasteiger partial charge is 0.186 e. The quantitative estimate of drug-likeness (QED) is 0.324. The molecule has 2 aliphatic rings. The van der Waals surface area contributed by atoms with E-state index in [-0.39, 0.29) is 0 Å². The first-order chi connectivity index (χ1) is 13.1. The van der Waals surface area contributed by atoms with Crippen molar-refractivity contribution in [2.45, 2.75) is 110 Å². The minimum absolute atomic E-state index is 0.332. The maximum atomic E-state index is 6.31. The van der Waals surface area contributed by atoms with Crippen molar-refractivity contribution in [3.63, 3.8) is 0 Å². The molecule has 160 valence electrons. The van der Waals surface area contributed by atoms with E-state index in [1.165, 1.54) is 77.0 Å². The zero-order valence-electron chi connectivity index (χ0n) is 18.9. The summed E-state index contributed by atoms with van der Waals surface area (Å²) in [4.78, 5) is 0. The van der Waals surface area contributed by atoms with Gasteiger partial charge in [0, 0.05) is 20.1 Å². The van der Waals surface area contributed by atoms with Crippen LogP contribution in [0.15, 0.2) is 0 Å². The van der Waals surface area contributed by atoms with Crippen LogP contribution < -0.4 is 5.32 Å². The fourth-order valence-corrected chi connectivity index (χ4v) is 6.06. The fraction of sp³-hybridized carbons (Fsp3) is 1.00. The molecule has 0 aromatic heterocycles. The molecule has 0 amide bonds. The lowest BCUT2D eigenvalue weighted by atomic mass is 9.66. The Hall–Kier alpha value is -0.120. The van der Waals surface area contributed by atoms with Gasteiger partial charge in [-0.2, -0.15) is 0 Å². The molecule has 0 aromatic rings. The molecule has 0 bridgehead atoms. The Bertz CT molecular complexity index is 392. The molecule has 1 aliphatic carbocycles. The number of nitrogens with one attached hydrogen (secondary N) is 1. The van der Waals surface area contributed by atoms with Crippen LogP contribution in [0.4, 0.5) is 0 Å². The predicted molar refractivity (Wildman–Crippen MR) is 115 cm³/mol. The summed E-state index contributed by atoms with van der Waals surface area (Å²) in [6, 6.07) is 0.332. The van der Waals surface area contributed by atoms with E-state index in [0.717, 1.165) is 12.5 Å². The third-order valence-corrected chi connectivity index (χ3v) is 7.54. The molecule has 1 saturated carbocycles. The van der Waals surface area contributed by atoms with Crippen molar-refractivity contribution >= 4 is 0 Å². The molecular formula is C24H47NO2. The van der Waals surface area contributed by atoms with Gasteiger partial charge in [0.15, 0.2) is 5.79 Å². The zero-order chi connectivity index (χ0) is 19.7. The number of rotatable bonds is 12. The van der Waals surface area contributed by atoms with Crippen molar-refractivity contribution in [1.82, 2.24) is 5.32 Å². The predicted octanol–water partition coefficient (Wildman–Crippen LogP) is 6.17. The summed E-state index contributed by atoms with van der Waals surface area (Å²) in [5.41, 5.74) is 0. The van der Waals surface area contributed by atoms with Gasteiger partial charge in [-0.05, 0) is 43.6 Å². The molecule has 1 N–H and O–H groups in total. The number of fused-ring (bicyclic) bond motifs is 1. The molecule has 0 aromatic carbocycles. The summed E-state index contributed by atoms with van der Waals surface area (Å²) in [6.45, 7) is 8.11. The molecule has 0 spiro atoms. The monoisotopic (exact) mass is 381 g/mol. The Labute approximate surface area is 169 Å². The Morgan fingerprint density at radius 3 is 2.26 bits per heavy atom. The molecule has 4 unspecified atom stereocenters. The maximum absolute atomic E-state index is 6.31. The lowest BCUT2D eigenvalue weighted by Crippen LogP contribution is -2.65. The summed E-state index contributed by atoms with van der Waals surface area (Å²) < 4.78 is 12.6. The Balaban J connectivity index is 2.09. The van der Waals surface area contributed by atoms with Gasteiger partial charge in [-0.25, -0.2) is 0 Å². The molecule has 3 nitrogen and oxygen atoms in total. The van der Waals surface area contributed by atoms with Gasteiger partial charge >= 0.3 is 0 Å². The average Bonchev–Trinajstić information content (AvgIpc) is 2.70. The summed E-state index contributed by atoms with van der Waals surface area (Å²) in [5.74, 6) is 2.08. The van der Waals surface area contributed by atoms with Crippen molar-refractivity contribution < 1.29 is 9.47 Å². The van der Waals surface area contributed by atoms with Crippen LogP contribution in [0.1, 0.15) is 97.8 Å². The van der Waals surface area contributed by atoms with Crippen LogP contribution in [0.25, 0.3) is 0 Å². The van der Waals surface area contributed by atoms with Crippen LogP contribution in [-0.4, -0.2) is 32.6 Å². The van der Waals surface area contributed by atoms with E-state index in [1.807, 2.05) is 14.2 Å². The van der Waals surface area contributed by atoms with Gasteiger partial charge in [-0.3, -0.25) is 0 Å². The SMILES string of the molecule is CCCCCCCCC(C(C)C)C(OC)(OC)C1NCCC2CCCCC21. The highest BCUT2D eigenvalue weighted by atomic mass is 16.7. The van der Waals surface area contributed by atoms with Gasteiger partial charge in [-0.1, -0.05) is 78.6 Å². The molecular weight excluding hydrogens is 334 g/mol.